The Bertz CT molecular complexity index is 538. The van der Waals surface area contributed by atoms with E-state index in [1.165, 1.54) is 10.8 Å². The summed E-state index contributed by atoms with van der Waals surface area (Å²) in [6, 6.07) is 14.5. The van der Waals surface area contributed by atoms with Crippen LogP contribution in [0.4, 0.5) is 0 Å². The van der Waals surface area contributed by atoms with Gasteiger partial charge in [-0.05, 0) is 40.5 Å². The number of allylic oxidation sites excluding steroid dienone is 1. The maximum Gasteiger partial charge on any atom is 0.146 e. The molecule has 2 rings (SSSR count). The topological polar surface area (TPSA) is 17.1 Å². The summed E-state index contributed by atoms with van der Waals surface area (Å²) in [5.41, 5.74) is 1.91. The van der Waals surface area contributed by atoms with Crippen molar-refractivity contribution in [1.82, 2.24) is 0 Å². The standard InChI is InChI=1S/C15H14O/c1-2-12(11-16)9-13-7-8-14-5-3-4-6-15(14)10-13/h3-11H,2H2,1H3. The average Bonchev–Trinajstić information content (AvgIpc) is 2.35. The van der Waals surface area contributed by atoms with Gasteiger partial charge in [0.25, 0.3) is 0 Å². The van der Waals surface area contributed by atoms with Crippen LogP contribution in [0.5, 0.6) is 0 Å². The third kappa shape index (κ3) is 2.19. The number of hydrogen-bond acceptors (Lipinski definition) is 1. The van der Waals surface area contributed by atoms with Crippen LogP contribution in [0.1, 0.15) is 18.9 Å². The number of carbonyl (C=O) groups is 1. The lowest BCUT2D eigenvalue weighted by Gasteiger charge is -2.00. The van der Waals surface area contributed by atoms with Crippen LogP contribution in [0.15, 0.2) is 48.0 Å². The molecule has 2 aromatic carbocycles. The molecule has 0 aliphatic rings. The van der Waals surface area contributed by atoms with Crippen molar-refractivity contribution < 1.29 is 4.79 Å². The zero-order valence-corrected chi connectivity index (χ0v) is 9.31. The molecule has 0 spiro atoms. The van der Waals surface area contributed by atoms with E-state index in [1.54, 1.807) is 0 Å². The van der Waals surface area contributed by atoms with Gasteiger partial charge >= 0.3 is 0 Å². The lowest BCUT2D eigenvalue weighted by atomic mass is 10.0. The van der Waals surface area contributed by atoms with E-state index in [1.807, 2.05) is 31.2 Å². The van der Waals surface area contributed by atoms with E-state index in [-0.39, 0.29) is 0 Å². The molecule has 0 atom stereocenters. The van der Waals surface area contributed by atoms with Crippen LogP contribution in [-0.4, -0.2) is 6.29 Å². The molecule has 0 bridgehead atoms. The first kappa shape index (κ1) is 10.6. The molecule has 0 saturated heterocycles. The first-order valence-corrected chi connectivity index (χ1v) is 5.48. The van der Waals surface area contributed by atoms with E-state index < -0.39 is 0 Å². The Labute approximate surface area is 95.4 Å². The van der Waals surface area contributed by atoms with Crippen LogP contribution in [0, 0.1) is 0 Å². The summed E-state index contributed by atoms with van der Waals surface area (Å²) < 4.78 is 0. The first-order chi connectivity index (χ1) is 7.83. The van der Waals surface area contributed by atoms with E-state index in [9.17, 15) is 4.79 Å². The Morgan fingerprint density at radius 2 is 1.88 bits per heavy atom. The molecule has 0 aliphatic heterocycles. The molecule has 0 aliphatic carbocycles. The second-order valence-corrected chi connectivity index (χ2v) is 3.80. The largest absolute Gasteiger partial charge is 0.298 e. The van der Waals surface area contributed by atoms with Crippen LogP contribution >= 0.6 is 0 Å². The van der Waals surface area contributed by atoms with Crippen molar-refractivity contribution in [2.75, 3.05) is 0 Å². The van der Waals surface area contributed by atoms with Crippen LogP contribution < -0.4 is 0 Å². The SMILES string of the molecule is CCC(C=O)=Cc1ccc2ccccc2c1. The number of fused-ring (bicyclic) bond motifs is 1. The van der Waals surface area contributed by atoms with Crippen molar-refractivity contribution in [3.05, 3.63) is 53.6 Å². The summed E-state index contributed by atoms with van der Waals surface area (Å²) in [5, 5.41) is 2.43. The molecule has 0 saturated carbocycles. The predicted octanol–water partition coefficient (Wildman–Crippen LogP) is 3.83. The van der Waals surface area contributed by atoms with Crippen LogP contribution in [0.3, 0.4) is 0 Å². The van der Waals surface area contributed by atoms with Gasteiger partial charge < -0.3 is 0 Å². The maximum atomic E-state index is 10.7. The van der Waals surface area contributed by atoms with Gasteiger partial charge in [-0.2, -0.15) is 0 Å². The van der Waals surface area contributed by atoms with E-state index >= 15 is 0 Å². The van der Waals surface area contributed by atoms with Gasteiger partial charge in [-0.1, -0.05) is 43.3 Å². The summed E-state index contributed by atoms with van der Waals surface area (Å²) in [7, 11) is 0. The molecule has 1 heteroatoms. The molecule has 0 unspecified atom stereocenters. The summed E-state index contributed by atoms with van der Waals surface area (Å²) in [4.78, 5) is 10.7. The lowest BCUT2D eigenvalue weighted by molar-refractivity contribution is -0.104. The highest BCUT2D eigenvalue weighted by Crippen LogP contribution is 2.17. The third-order valence-corrected chi connectivity index (χ3v) is 2.69. The highest BCUT2D eigenvalue weighted by molar-refractivity contribution is 5.87. The molecule has 16 heavy (non-hydrogen) atoms. The Morgan fingerprint density at radius 3 is 2.56 bits per heavy atom. The minimum atomic E-state index is 0.774. The van der Waals surface area contributed by atoms with Crippen molar-refractivity contribution >= 4 is 23.1 Å². The lowest BCUT2D eigenvalue weighted by Crippen LogP contribution is -1.82. The molecule has 80 valence electrons. The molecule has 0 N–H and O–H groups in total. The average molecular weight is 210 g/mol. The summed E-state index contributed by atoms with van der Waals surface area (Å²) in [5.74, 6) is 0. The van der Waals surface area contributed by atoms with E-state index in [0.717, 1.165) is 23.8 Å². The quantitative estimate of drug-likeness (QED) is 0.555. The maximum absolute atomic E-state index is 10.7. The molecule has 0 aromatic heterocycles. The van der Waals surface area contributed by atoms with Gasteiger partial charge in [0, 0.05) is 0 Å². The molecule has 0 fully saturated rings. The Morgan fingerprint density at radius 1 is 1.12 bits per heavy atom. The number of hydrogen-bond donors (Lipinski definition) is 0. The zero-order chi connectivity index (χ0) is 11.4. The van der Waals surface area contributed by atoms with Crippen LogP contribution in [0.25, 0.3) is 16.8 Å². The second kappa shape index (κ2) is 4.75. The molecular weight excluding hydrogens is 196 g/mol. The van der Waals surface area contributed by atoms with Crippen LogP contribution in [-0.2, 0) is 4.79 Å². The number of aldehydes is 1. The van der Waals surface area contributed by atoms with Gasteiger partial charge in [-0.25, -0.2) is 0 Å². The van der Waals surface area contributed by atoms with Crippen molar-refractivity contribution in [2.24, 2.45) is 0 Å². The molecule has 0 heterocycles. The van der Waals surface area contributed by atoms with Gasteiger partial charge in [-0.15, -0.1) is 0 Å². The Kier molecular flexibility index (Phi) is 3.16. The highest BCUT2D eigenvalue weighted by atomic mass is 16.1. The van der Waals surface area contributed by atoms with Crippen molar-refractivity contribution in [1.29, 1.82) is 0 Å². The summed E-state index contributed by atoms with van der Waals surface area (Å²) >= 11 is 0. The number of benzene rings is 2. The van der Waals surface area contributed by atoms with Crippen molar-refractivity contribution in [2.45, 2.75) is 13.3 Å². The summed E-state index contributed by atoms with van der Waals surface area (Å²) in [6.45, 7) is 1.99. The van der Waals surface area contributed by atoms with Crippen LogP contribution in [0.2, 0.25) is 0 Å². The van der Waals surface area contributed by atoms with E-state index in [2.05, 4.69) is 24.3 Å². The summed E-state index contributed by atoms with van der Waals surface area (Å²) in [6.07, 6.45) is 3.64. The minimum Gasteiger partial charge on any atom is -0.298 e. The smallest absolute Gasteiger partial charge is 0.146 e. The predicted molar refractivity (Wildman–Crippen MR) is 68.3 cm³/mol. The second-order valence-electron chi connectivity index (χ2n) is 3.80. The van der Waals surface area contributed by atoms with Gasteiger partial charge in [0.1, 0.15) is 6.29 Å². The molecule has 2 aromatic rings. The van der Waals surface area contributed by atoms with Crippen molar-refractivity contribution in [3.63, 3.8) is 0 Å². The number of rotatable bonds is 3. The fourth-order valence-electron chi connectivity index (χ4n) is 1.73. The van der Waals surface area contributed by atoms with E-state index in [4.69, 9.17) is 0 Å². The van der Waals surface area contributed by atoms with Gasteiger partial charge in [0.2, 0.25) is 0 Å². The fourth-order valence-corrected chi connectivity index (χ4v) is 1.73. The first-order valence-electron chi connectivity index (χ1n) is 5.48. The van der Waals surface area contributed by atoms with Crippen molar-refractivity contribution in [3.8, 4) is 0 Å². The Balaban J connectivity index is 2.47. The van der Waals surface area contributed by atoms with Gasteiger partial charge in [0.05, 0.1) is 0 Å². The minimum absolute atomic E-state index is 0.774. The normalized spacial score (nSPS) is 11.7. The molecular formula is C15H14O. The molecule has 0 amide bonds. The number of carbonyl (C=O) groups excluding carboxylic acids is 1. The van der Waals surface area contributed by atoms with Gasteiger partial charge in [-0.3, -0.25) is 4.79 Å². The highest BCUT2D eigenvalue weighted by Gasteiger charge is 1.95. The van der Waals surface area contributed by atoms with E-state index in [0.29, 0.717) is 0 Å². The molecule has 0 radical (unpaired) electrons. The van der Waals surface area contributed by atoms with Gasteiger partial charge in [0.15, 0.2) is 0 Å². The zero-order valence-electron chi connectivity index (χ0n) is 9.31. The molecule has 1 nitrogen and oxygen atoms in total. The monoisotopic (exact) mass is 210 g/mol. The third-order valence-electron chi connectivity index (χ3n) is 2.69. The Hall–Kier alpha value is -1.89. The fraction of sp³-hybridized carbons (Fsp3) is 0.133.